The maximum absolute atomic E-state index is 13.5. The molecule has 19 heavy (non-hydrogen) atoms. The van der Waals surface area contributed by atoms with Crippen molar-refractivity contribution in [2.45, 2.75) is 0 Å². The number of rotatable bonds is 3. The second kappa shape index (κ2) is 5.11. The van der Waals surface area contributed by atoms with Gasteiger partial charge in [0.15, 0.2) is 0 Å². The summed E-state index contributed by atoms with van der Waals surface area (Å²) in [5.74, 6) is -1.84. The largest absolute Gasteiger partial charge is 0.436 e. The lowest BCUT2D eigenvalue weighted by atomic mass is 10.2. The third kappa shape index (κ3) is 2.74. The fourth-order valence-electron chi connectivity index (χ4n) is 1.44. The van der Waals surface area contributed by atoms with Gasteiger partial charge >= 0.3 is 0 Å². The molecule has 0 saturated heterocycles. The van der Waals surface area contributed by atoms with Crippen LogP contribution in [-0.4, -0.2) is 10.9 Å². The third-order valence-corrected chi connectivity index (χ3v) is 2.49. The summed E-state index contributed by atoms with van der Waals surface area (Å²) in [7, 11) is 0. The van der Waals surface area contributed by atoms with Gasteiger partial charge in [-0.15, -0.1) is 0 Å². The van der Waals surface area contributed by atoms with E-state index in [1.54, 1.807) is 0 Å². The van der Waals surface area contributed by atoms with Crippen molar-refractivity contribution in [1.82, 2.24) is 4.98 Å². The SMILES string of the molecule is NC(=O)c1c(F)cccc1Oc1nc(Cl)ccc1N. The Labute approximate surface area is 112 Å². The molecule has 1 aromatic carbocycles. The van der Waals surface area contributed by atoms with E-state index in [1.165, 1.54) is 24.3 Å². The molecule has 5 nitrogen and oxygen atoms in total. The van der Waals surface area contributed by atoms with E-state index in [-0.39, 0.29) is 28.0 Å². The summed E-state index contributed by atoms with van der Waals surface area (Å²) in [6.45, 7) is 0. The van der Waals surface area contributed by atoms with Gasteiger partial charge in [0.1, 0.15) is 22.3 Å². The number of carbonyl (C=O) groups excluding carboxylic acids is 1. The Morgan fingerprint density at radius 2 is 2.05 bits per heavy atom. The van der Waals surface area contributed by atoms with Gasteiger partial charge in [0, 0.05) is 0 Å². The minimum absolute atomic E-state index is 0.0272. The zero-order valence-electron chi connectivity index (χ0n) is 9.56. The van der Waals surface area contributed by atoms with Gasteiger partial charge in [-0.2, -0.15) is 4.98 Å². The molecule has 0 fully saturated rings. The number of benzene rings is 1. The zero-order valence-corrected chi connectivity index (χ0v) is 10.3. The van der Waals surface area contributed by atoms with Gasteiger partial charge in [-0.1, -0.05) is 17.7 Å². The molecule has 0 unspecified atom stereocenters. The smallest absolute Gasteiger partial charge is 0.255 e. The molecule has 0 atom stereocenters. The lowest BCUT2D eigenvalue weighted by Crippen LogP contribution is -2.14. The number of carbonyl (C=O) groups is 1. The number of nitrogens with two attached hydrogens (primary N) is 2. The number of nitrogens with zero attached hydrogens (tertiary/aromatic N) is 1. The van der Waals surface area contributed by atoms with E-state index >= 15 is 0 Å². The van der Waals surface area contributed by atoms with Gasteiger partial charge in [-0.25, -0.2) is 4.39 Å². The quantitative estimate of drug-likeness (QED) is 0.845. The average Bonchev–Trinajstić information content (AvgIpc) is 2.33. The van der Waals surface area contributed by atoms with Crippen LogP contribution in [0.3, 0.4) is 0 Å². The maximum atomic E-state index is 13.5. The Bertz CT molecular complexity index is 649. The number of anilines is 1. The van der Waals surface area contributed by atoms with Crippen molar-refractivity contribution in [3.05, 3.63) is 46.9 Å². The summed E-state index contributed by atoms with van der Waals surface area (Å²) < 4.78 is 18.8. The van der Waals surface area contributed by atoms with Gasteiger partial charge in [0.2, 0.25) is 5.88 Å². The Kier molecular flexibility index (Phi) is 3.52. The first-order valence-corrected chi connectivity index (χ1v) is 5.55. The summed E-state index contributed by atoms with van der Waals surface area (Å²) in [6.07, 6.45) is 0. The van der Waals surface area contributed by atoms with Crippen molar-refractivity contribution in [2.24, 2.45) is 5.73 Å². The monoisotopic (exact) mass is 281 g/mol. The van der Waals surface area contributed by atoms with E-state index in [2.05, 4.69) is 4.98 Å². The van der Waals surface area contributed by atoms with E-state index in [9.17, 15) is 9.18 Å². The number of primary amides is 1. The van der Waals surface area contributed by atoms with Gasteiger partial charge in [-0.3, -0.25) is 4.79 Å². The number of pyridine rings is 1. The van der Waals surface area contributed by atoms with Crippen LogP contribution in [0, 0.1) is 5.82 Å². The van der Waals surface area contributed by atoms with E-state index < -0.39 is 11.7 Å². The number of amides is 1. The molecule has 0 spiro atoms. The van der Waals surface area contributed by atoms with E-state index in [0.29, 0.717) is 0 Å². The predicted octanol–water partition coefficient (Wildman–Crippen LogP) is 2.35. The summed E-state index contributed by atoms with van der Waals surface area (Å²) in [4.78, 5) is 15.1. The standard InChI is InChI=1S/C12H9ClFN3O2/c13-9-5-4-7(15)12(17-9)19-8-3-1-2-6(14)10(8)11(16)18/h1-5H,15H2,(H2,16,18). The Hall–Kier alpha value is -2.34. The molecular formula is C12H9ClFN3O2. The molecule has 1 aromatic heterocycles. The summed E-state index contributed by atoms with van der Waals surface area (Å²) >= 11 is 5.70. The molecule has 1 amide bonds. The number of halogens is 2. The van der Waals surface area contributed by atoms with Crippen molar-refractivity contribution in [3.63, 3.8) is 0 Å². The molecule has 0 bridgehead atoms. The fourth-order valence-corrected chi connectivity index (χ4v) is 1.58. The van der Waals surface area contributed by atoms with Crippen LogP contribution in [0.1, 0.15) is 10.4 Å². The first-order valence-electron chi connectivity index (χ1n) is 5.17. The first kappa shape index (κ1) is 13.1. The number of nitrogen functional groups attached to an aromatic ring is 1. The molecule has 4 N–H and O–H groups in total. The first-order chi connectivity index (χ1) is 8.99. The molecule has 0 aliphatic carbocycles. The van der Waals surface area contributed by atoms with Crippen molar-refractivity contribution >= 4 is 23.2 Å². The van der Waals surface area contributed by atoms with Crippen LogP contribution in [0.2, 0.25) is 5.15 Å². The van der Waals surface area contributed by atoms with Crippen molar-refractivity contribution < 1.29 is 13.9 Å². The van der Waals surface area contributed by atoms with Crippen molar-refractivity contribution in [3.8, 4) is 11.6 Å². The highest BCUT2D eigenvalue weighted by Crippen LogP contribution is 2.30. The predicted molar refractivity (Wildman–Crippen MR) is 68.7 cm³/mol. The van der Waals surface area contributed by atoms with Crippen LogP contribution in [-0.2, 0) is 0 Å². The second-order valence-electron chi connectivity index (χ2n) is 3.61. The van der Waals surface area contributed by atoms with Crippen molar-refractivity contribution in [1.29, 1.82) is 0 Å². The minimum Gasteiger partial charge on any atom is -0.436 e. The summed E-state index contributed by atoms with van der Waals surface area (Å²) in [6, 6.07) is 6.81. The molecule has 2 rings (SSSR count). The number of ether oxygens (including phenoxy) is 1. The molecule has 7 heteroatoms. The topological polar surface area (TPSA) is 91.2 Å². The number of aromatic nitrogens is 1. The molecule has 0 aliphatic heterocycles. The van der Waals surface area contributed by atoms with Crippen LogP contribution in [0.4, 0.5) is 10.1 Å². The third-order valence-electron chi connectivity index (χ3n) is 2.28. The van der Waals surface area contributed by atoms with E-state index in [4.69, 9.17) is 27.8 Å². The van der Waals surface area contributed by atoms with Crippen LogP contribution >= 0.6 is 11.6 Å². The van der Waals surface area contributed by atoms with Gasteiger partial charge in [0.05, 0.1) is 5.69 Å². The Morgan fingerprint density at radius 3 is 2.74 bits per heavy atom. The molecule has 2 aromatic rings. The minimum atomic E-state index is -0.950. The van der Waals surface area contributed by atoms with Crippen LogP contribution in [0.25, 0.3) is 0 Å². The lowest BCUT2D eigenvalue weighted by Gasteiger charge is -2.10. The molecule has 98 valence electrons. The highest BCUT2D eigenvalue weighted by atomic mass is 35.5. The highest BCUT2D eigenvalue weighted by molar-refractivity contribution is 6.29. The van der Waals surface area contributed by atoms with E-state index in [1.807, 2.05) is 0 Å². The van der Waals surface area contributed by atoms with Crippen LogP contribution < -0.4 is 16.2 Å². The van der Waals surface area contributed by atoms with Gasteiger partial charge in [-0.05, 0) is 24.3 Å². The number of hydrogen-bond donors (Lipinski definition) is 2. The van der Waals surface area contributed by atoms with Gasteiger partial charge < -0.3 is 16.2 Å². The Balaban J connectivity index is 2.46. The molecule has 0 saturated carbocycles. The molecule has 0 aliphatic rings. The Morgan fingerprint density at radius 1 is 1.32 bits per heavy atom. The average molecular weight is 282 g/mol. The summed E-state index contributed by atoms with van der Waals surface area (Å²) in [5.41, 5.74) is 10.6. The van der Waals surface area contributed by atoms with E-state index in [0.717, 1.165) is 6.07 Å². The molecule has 0 radical (unpaired) electrons. The molecular weight excluding hydrogens is 273 g/mol. The van der Waals surface area contributed by atoms with Gasteiger partial charge in [0.25, 0.3) is 5.91 Å². The van der Waals surface area contributed by atoms with Crippen LogP contribution in [0.5, 0.6) is 11.6 Å². The van der Waals surface area contributed by atoms with Crippen LogP contribution in [0.15, 0.2) is 30.3 Å². The maximum Gasteiger partial charge on any atom is 0.255 e. The van der Waals surface area contributed by atoms with Crippen molar-refractivity contribution in [2.75, 3.05) is 5.73 Å². The fraction of sp³-hybridized carbons (Fsp3) is 0. The summed E-state index contributed by atoms with van der Waals surface area (Å²) in [5, 5.41) is 0.154. The highest BCUT2D eigenvalue weighted by Gasteiger charge is 2.17. The normalized spacial score (nSPS) is 10.2. The second-order valence-corrected chi connectivity index (χ2v) is 3.99. The zero-order chi connectivity index (χ0) is 14.0. The molecule has 1 heterocycles. The number of hydrogen-bond acceptors (Lipinski definition) is 4. The lowest BCUT2D eigenvalue weighted by molar-refractivity contribution is 0.0994.